The van der Waals surface area contributed by atoms with Crippen molar-refractivity contribution in [3.8, 4) is 23.0 Å². The minimum atomic E-state index is -0.157. The van der Waals surface area contributed by atoms with Gasteiger partial charge in [-0.05, 0) is 93.4 Å². The van der Waals surface area contributed by atoms with Crippen molar-refractivity contribution in [2.45, 2.75) is 64.0 Å². The Morgan fingerprint density at radius 1 is 0.899 bits per heavy atom. The van der Waals surface area contributed by atoms with E-state index in [1.807, 2.05) is 37.1 Å². The van der Waals surface area contributed by atoms with Crippen LogP contribution >= 0.6 is 12.6 Å². The van der Waals surface area contributed by atoms with Gasteiger partial charge in [-0.15, -0.1) is 0 Å². The van der Waals surface area contributed by atoms with E-state index in [4.69, 9.17) is 45.8 Å². The van der Waals surface area contributed by atoms with Crippen LogP contribution in [0, 0.1) is 0 Å². The highest BCUT2D eigenvalue weighted by molar-refractivity contribution is 7.81. The fraction of sp³-hybridized carbons (Fsp3) is 0.426. The van der Waals surface area contributed by atoms with Gasteiger partial charge in [-0.1, -0.05) is 55.5 Å². The molecular weight excluding hydrogens is 895 g/mol. The third-order valence-corrected chi connectivity index (χ3v) is 11.8. The second-order valence-electron chi connectivity index (χ2n) is 16.8. The predicted molar refractivity (Wildman–Crippen MR) is 280 cm³/mol. The van der Waals surface area contributed by atoms with Crippen LogP contribution in [0.1, 0.15) is 71.4 Å². The number of hydrogen-bond donors (Lipinski definition) is 3. The number of rotatable bonds is 31. The topological polar surface area (TPSA) is 142 Å². The number of hydrogen-bond acceptors (Lipinski definition) is 14. The number of likely N-dealkylation sites (tertiary alicyclic amines) is 1. The Labute approximate surface area is 414 Å². The Morgan fingerprint density at radius 3 is 2.23 bits per heavy atom. The number of amides is 1. The summed E-state index contributed by atoms with van der Waals surface area (Å²) in [6.07, 6.45) is 16.3. The monoisotopic (exact) mass is 965 g/mol. The second kappa shape index (κ2) is 28.6. The first-order valence-corrected chi connectivity index (χ1v) is 24.0. The lowest BCUT2D eigenvalue weighted by atomic mass is 10.0. The molecule has 2 unspecified atom stereocenters. The number of nitrogens with one attached hydrogen (secondary N) is 2. The van der Waals surface area contributed by atoms with Gasteiger partial charge in [0.2, 0.25) is 0 Å². The molecule has 1 aliphatic heterocycles. The Morgan fingerprint density at radius 2 is 1.58 bits per heavy atom. The molecule has 5 rings (SSSR count). The molecule has 1 saturated heterocycles. The molecule has 69 heavy (non-hydrogen) atoms. The van der Waals surface area contributed by atoms with Crippen LogP contribution in [0.15, 0.2) is 107 Å². The zero-order valence-electron chi connectivity index (χ0n) is 41.2. The number of aliphatic imine (C=N–C) groups is 1. The Kier molecular flexibility index (Phi) is 22.4. The first kappa shape index (κ1) is 54.1. The van der Waals surface area contributed by atoms with Gasteiger partial charge >= 0.3 is 0 Å². The van der Waals surface area contributed by atoms with Gasteiger partial charge in [-0.2, -0.15) is 12.6 Å². The van der Waals surface area contributed by atoms with Gasteiger partial charge in [0, 0.05) is 79.3 Å². The summed E-state index contributed by atoms with van der Waals surface area (Å²) in [6, 6.07) is 13.2. The smallest absolute Gasteiger partial charge is 0.260 e. The number of allylic oxidation sites excluding steroid dienone is 7. The molecule has 0 bridgehead atoms. The van der Waals surface area contributed by atoms with Gasteiger partial charge in [0.15, 0.2) is 29.3 Å². The third kappa shape index (κ3) is 16.1. The van der Waals surface area contributed by atoms with Crippen molar-refractivity contribution in [3.63, 3.8) is 0 Å². The maximum atomic E-state index is 14.0. The van der Waals surface area contributed by atoms with E-state index in [0.717, 1.165) is 54.5 Å². The van der Waals surface area contributed by atoms with E-state index >= 15 is 0 Å². The second-order valence-corrected chi connectivity index (χ2v) is 17.7. The van der Waals surface area contributed by atoms with E-state index < -0.39 is 0 Å². The molecule has 1 aliphatic carbocycles. The summed E-state index contributed by atoms with van der Waals surface area (Å²) in [5.41, 5.74) is 7.85. The van der Waals surface area contributed by atoms with Crippen molar-refractivity contribution in [1.29, 1.82) is 0 Å². The molecule has 0 saturated carbocycles. The number of nitrogens with zero attached hydrogens (tertiary/aromatic N) is 3. The summed E-state index contributed by atoms with van der Waals surface area (Å²) in [5.74, 6) is 1.54. The molecule has 1 heterocycles. The molecule has 1 fully saturated rings. The first-order valence-electron chi connectivity index (χ1n) is 23.4. The van der Waals surface area contributed by atoms with Crippen molar-refractivity contribution in [3.05, 3.63) is 125 Å². The number of methoxy groups -OCH3 is 3. The van der Waals surface area contributed by atoms with E-state index in [1.165, 1.54) is 11.1 Å². The standard InChI is InChI=1S/C54H71N5O9S/c1-9-10-11-14-38(2)25-44(55-4)33-57-47-31-52(50(63-7)29-43(47)35-60)67-36-40-26-41(28-45(27-40)58(34-39(3)69)19-20-65-23-24-66-22-21-62-6)37-68-53-32-48(56-5)46(30-51(53)64-8)54(61)59-18-17-42-15-12-13-16-49(42)59/h9-11,14-16,26-32,35,39,44,55,57,69H,1,5,12-13,17-25,33-34,36-37H2,2-4,6-8H3/b11-10-,38-14+. The van der Waals surface area contributed by atoms with E-state index in [9.17, 15) is 9.59 Å². The molecule has 14 nitrogen and oxygen atoms in total. The first-order chi connectivity index (χ1) is 33.5. The number of anilines is 2. The summed E-state index contributed by atoms with van der Waals surface area (Å²) in [4.78, 5) is 34.7. The van der Waals surface area contributed by atoms with Gasteiger partial charge in [0.05, 0.1) is 58.5 Å². The van der Waals surface area contributed by atoms with Crippen molar-refractivity contribution >= 4 is 48.6 Å². The van der Waals surface area contributed by atoms with Gasteiger partial charge in [-0.25, -0.2) is 0 Å². The van der Waals surface area contributed by atoms with E-state index in [1.54, 1.807) is 51.7 Å². The SMILES string of the molecule is C=C/C=C\C=C(/C)CC(CNc1cc(OCc2cc(COc3cc(N=C)c(C(=O)N4CCC5=CCCC=C54)cc3OC)cc(N(CCOCCOCCOC)CC(C)S)c2)c(OC)cc1C=O)NC. The van der Waals surface area contributed by atoms with Crippen LogP contribution in [0.2, 0.25) is 0 Å². The lowest BCUT2D eigenvalue weighted by Gasteiger charge is -2.28. The number of benzene rings is 3. The molecule has 15 heteroatoms. The summed E-state index contributed by atoms with van der Waals surface area (Å²) in [5, 5.41) is 6.87. The predicted octanol–water partition coefficient (Wildman–Crippen LogP) is 9.34. The van der Waals surface area contributed by atoms with Crippen LogP contribution < -0.4 is 34.5 Å². The fourth-order valence-electron chi connectivity index (χ4n) is 8.12. The normalized spacial score (nSPS) is 14.4. The number of aldehydes is 1. The highest BCUT2D eigenvalue weighted by atomic mass is 32.1. The summed E-state index contributed by atoms with van der Waals surface area (Å²) < 4.78 is 41.3. The Bertz CT molecular complexity index is 2330. The maximum Gasteiger partial charge on any atom is 0.260 e. The third-order valence-electron chi connectivity index (χ3n) is 11.6. The molecule has 2 aliphatic rings. The number of ether oxygens (including phenoxy) is 7. The van der Waals surface area contributed by atoms with E-state index in [0.29, 0.717) is 105 Å². The summed E-state index contributed by atoms with van der Waals surface area (Å²) >= 11 is 4.78. The zero-order valence-corrected chi connectivity index (χ0v) is 42.1. The Balaban J connectivity index is 1.42. The molecule has 0 spiro atoms. The molecule has 3 aromatic rings. The minimum absolute atomic E-state index is 0.0397. The lowest BCUT2D eigenvalue weighted by molar-refractivity contribution is 0.0265. The van der Waals surface area contributed by atoms with Gasteiger partial charge in [-0.3, -0.25) is 14.6 Å². The molecule has 372 valence electrons. The molecule has 1 amide bonds. The van der Waals surface area contributed by atoms with Crippen molar-refractivity contribution in [1.82, 2.24) is 10.2 Å². The number of carbonyl (C=O) groups is 2. The molecular formula is C54H71N5O9S. The summed E-state index contributed by atoms with van der Waals surface area (Å²) in [7, 11) is 6.67. The van der Waals surface area contributed by atoms with Crippen LogP contribution in [0.4, 0.5) is 17.1 Å². The number of likely N-dealkylation sites (N-methyl/N-ethyl adjacent to an activating group) is 1. The van der Waals surface area contributed by atoms with Crippen molar-refractivity contribution in [2.24, 2.45) is 4.99 Å². The highest BCUT2D eigenvalue weighted by Crippen LogP contribution is 2.40. The maximum absolute atomic E-state index is 14.0. The Hall–Kier alpha value is -5.84. The molecule has 0 aromatic heterocycles. The highest BCUT2D eigenvalue weighted by Gasteiger charge is 2.31. The van der Waals surface area contributed by atoms with Gasteiger partial charge < -0.3 is 53.6 Å². The van der Waals surface area contributed by atoms with E-state index in [-0.39, 0.29) is 30.4 Å². The van der Waals surface area contributed by atoms with E-state index in [2.05, 4.69) is 71.1 Å². The van der Waals surface area contributed by atoms with Crippen molar-refractivity contribution < 1.29 is 42.7 Å². The zero-order chi connectivity index (χ0) is 49.5. The number of thiol groups is 1. The van der Waals surface area contributed by atoms with Crippen LogP contribution in [-0.2, 0) is 27.4 Å². The van der Waals surface area contributed by atoms with Crippen LogP contribution in [0.3, 0.4) is 0 Å². The molecule has 3 aromatic carbocycles. The number of carbonyl (C=O) groups excluding carboxylic acids is 2. The van der Waals surface area contributed by atoms with Crippen LogP contribution in [-0.4, -0.2) is 123 Å². The van der Waals surface area contributed by atoms with Crippen LogP contribution in [0.25, 0.3) is 0 Å². The number of fused-ring (bicyclic) bond motifs is 1. The summed E-state index contributed by atoms with van der Waals surface area (Å²) in [6.45, 7) is 16.8. The average Bonchev–Trinajstić information content (AvgIpc) is 3.80. The van der Waals surface area contributed by atoms with Gasteiger partial charge in [0.25, 0.3) is 5.91 Å². The minimum Gasteiger partial charge on any atom is -0.493 e. The van der Waals surface area contributed by atoms with Crippen LogP contribution in [0.5, 0.6) is 23.0 Å². The average molecular weight is 966 g/mol. The fourth-order valence-corrected chi connectivity index (χ4v) is 8.32. The molecule has 0 radical (unpaired) electrons. The van der Waals surface area contributed by atoms with Crippen molar-refractivity contribution in [2.75, 3.05) is 97.8 Å². The lowest BCUT2D eigenvalue weighted by Crippen LogP contribution is -2.33. The van der Waals surface area contributed by atoms with Gasteiger partial charge in [0.1, 0.15) is 13.2 Å². The quantitative estimate of drug-likeness (QED) is 0.0186. The molecule has 2 N–H and O–H groups in total. The molecule has 2 atom stereocenters. The largest absolute Gasteiger partial charge is 0.493 e.